The molecule has 1 fully saturated rings. The SMILES string of the molecule is O=C(Nc1ccc(Cl)cc1)[C@@H]1CCc2nc(N3CCOCC3)ncc2C1. The first-order valence-electron chi connectivity index (χ1n) is 8.93. The summed E-state index contributed by atoms with van der Waals surface area (Å²) in [4.78, 5) is 24.0. The first kappa shape index (κ1) is 17.2. The van der Waals surface area contributed by atoms with Gasteiger partial charge in [-0.2, -0.15) is 0 Å². The minimum absolute atomic E-state index is 0.0372. The summed E-state index contributed by atoms with van der Waals surface area (Å²) in [5.41, 5.74) is 2.91. The molecule has 26 heavy (non-hydrogen) atoms. The summed E-state index contributed by atoms with van der Waals surface area (Å²) in [6.45, 7) is 3.08. The van der Waals surface area contributed by atoms with Crippen LogP contribution in [-0.4, -0.2) is 42.2 Å². The van der Waals surface area contributed by atoms with Crippen LogP contribution in [0.15, 0.2) is 30.5 Å². The molecule has 1 N–H and O–H groups in total. The van der Waals surface area contributed by atoms with E-state index in [-0.39, 0.29) is 11.8 Å². The number of ether oxygens (including phenoxy) is 1. The fourth-order valence-electron chi connectivity index (χ4n) is 3.41. The van der Waals surface area contributed by atoms with Crippen LogP contribution in [0.5, 0.6) is 0 Å². The lowest BCUT2D eigenvalue weighted by Gasteiger charge is -2.28. The normalized spacial score (nSPS) is 19.7. The van der Waals surface area contributed by atoms with Gasteiger partial charge in [0.1, 0.15) is 0 Å². The van der Waals surface area contributed by atoms with Gasteiger partial charge in [0.25, 0.3) is 0 Å². The Labute approximate surface area is 157 Å². The van der Waals surface area contributed by atoms with E-state index in [1.54, 1.807) is 12.1 Å². The Morgan fingerprint density at radius 3 is 2.77 bits per heavy atom. The van der Waals surface area contributed by atoms with Crippen molar-refractivity contribution < 1.29 is 9.53 Å². The van der Waals surface area contributed by atoms with Crippen LogP contribution in [0.2, 0.25) is 5.02 Å². The zero-order valence-electron chi connectivity index (χ0n) is 14.4. The van der Waals surface area contributed by atoms with Gasteiger partial charge in [0, 0.05) is 41.6 Å². The molecule has 6 nitrogen and oxygen atoms in total. The zero-order chi connectivity index (χ0) is 17.9. The fourth-order valence-corrected chi connectivity index (χ4v) is 3.54. The first-order valence-corrected chi connectivity index (χ1v) is 9.31. The van der Waals surface area contributed by atoms with Crippen LogP contribution in [0.25, 0.3) is 0 Å². The Kier molecular flexibility index (Phi) is 5.04. The molecule has 0 spiro atoms. The number of carbonyl (C=O) groups excluding carboxylic acids is 1. The monoisotopic (exact) mass is 372 g/mol. The third-order valence-corrected chi connectivity index (χ3v) is 5.17. The molecule has 1 aromatic carbocycles. The number of halogens is 1. The number of aryl methyl sites for hydroxylation is 1. The molecule has 1 aliphatic carbocycles. The minimum atomic E-state index is -0.0592. The summed E-state index contributed by atoms with van der Waals surface area (Å²) >= 11 is 5.88. The maximum Gasteiger partial charge on any atom is 0.227 e. The molecule has 2 aromatic rings. The third kappa shape index (κ3) is 3.81. The van der Waals surface area contributed by atoms with Crippen LogP contribution in [0.4, 0.5) is 11.6 Å². The molecule has 0 bridgehead atoms. The molecule has 2 aliphatic rings. The molecule has 4 rings (SSSR count). The topological polar surface area (TPSA) is 67.4 Å². The number of nitrogens with zero attached hydrogens (tertiary/aromatic N) is 3. The average Bonchev–Trinajstić information content (AvgIpc) is 2.69. The van der Waals surface area contributed by atoms with E-state index in [0.717, 1.165) is 48.8 Å². The summed E-state index contributed by atoms with van der Waals surface area (Å²) in [5, 5.41) is 3.63. The van der Waals surface area contributed by atoms with Crippen LogP contribution >= 0.6 is 11.6 Å². The molecule has 1 aliphatic heterocycles. The Bertz CT molecular complexity index is 791. The molecule has 1 saturated heterocycles. The molecular formula is C19H21ClN4O2. The van der Waals surface area contributed by atoms with Gasteiger partial charge in [-0.05, 0) is 49.1 Å². The molecule has 0 unspecified atom stereocenters. The Balaban J connectivity index is 1.42. The van der Waals surface area contributed by atoms with Crippen molar-refractivity contribution in [3.05, 3.63) is 46.7 Å². The van der Waals surface area contributed by atoms with Crippen molar-refractivity contribution in [2.75, 3.05) is 36.5 Å². The summed E-state index contributed by atoms with van der Waals surface area (Å²) in [5.74, 6) is 0.752. The Hall–Kier alpha value is -2.18. The highest BCUT2D eigenvalue weighted by Gasteiger charge is 2.27. The number of nitrogens with one attached hydrogen (secondary N) is 1. The van der Waals surface area contributed by atoms with E-state index in [1.165, 1.54) is 0 Å². The first-order chi connectivity index (χ1) is 12.7. The van der Waals surface area contributed by atoms with Gasteiger partial charge >= 0.3 is 0 Å². The van der Waals surface area contributed by atoms with E-state index >= 15 is 0 Å². The molecule has 0 radical (unpaired) electrons. The number of hydrogen-bond donors (Lipinski definition) is 1. The summed E-state index contributed by atoms with van der Waals surface area (Å²) in [7, 11) is 0. The number of morpholine rings is 1. The van der Waals surface area contributed by atoms with Crippen molar-refractivity contribution in [3.63, 3.8) is 0 Å². The number of benzene rings is 1. The number of hydrogen-bond acceptors (Lipinski definition) is 5. The molecule has 1 atom stereocenters. The summed E-state index contributed by atoms with van der Waals surface area (Å²) in [6.07, 6.45) is 4.16. The number of rotatable bonds is 3. The van der Waals surface area contributed by atoms with Crippen molar-refractivity contribution in [2.24, 2.45) is 5.92 Å². The van der Waals surface area contributed by atoms with Crippen LogP contribution < -0.4 is 10.2 Å². The Morgan fingerprint density at radius 2 is 2.00 bits per heavy atom. The van der Waals surface area contributed by atoms with Gasteiger partial charge in [0.15, 0.2) is 0 Å². The standard InChI is InChI=1S/C19H21ClN4O2/c20-15-2-4-16(5-3-15)22-18(25)13-1-6-17-14(11-13)12-21-19(23-17)24-7-9-26-10-8-24/h2-5,12-13H,1,6-11H2,(H,22,25)/t13-/m1/s1. The van der Waals surface area contributed by atoms with Crippen molar-refractivity contribution in [1.82, 2.24) is 9.97 Å². The van der Waals surface area contributed by atoms with Crippen molar-refractivity contribution in [1.29, 1.82) is 0 Å². The molecule has 0 saturated carbocycles. The van der Waals surface area contributed by atoms with Gasteiger partial charge in [-0.15, -0.1) is 0 Å². The van der Waals surface area contributed by atoms with E-state index < -0.39 is 0 Å². The highest BCUT2D eigenvalue weighted by atomic mass is 35.5. The molecule has 1 amide bonds. The highest BCUT2D eigenvalue weighted by Crippen LogP contribution is 2.26. The fraction of sp³-hybridized carbons (Fsp3) is 0.421. The average molecular weight is 373 g/mol. The number of aromatic nitrogens is 2. The molecule has 1 aromatic heterocycles. The molecule has 7 heteroatoms. The summed E-state index contributed by atoms with van der Waals surface area (Å²) < 4.78 is 5.38. The number of fused-ring (bicyclic) bond motifs is 1. The second-order valence-corrected chi connectivity index (χ2v) is 7.11. The zero-order valence-corrected chi connectivity index (χ0v) is 15.2. The maximum absolute atomic E-state index is 12.6. The lowest BCUT2D eigenvalue weighted by Crippen LogP contribution is -2.38. The smallest absolute Gasteiger partial charge is 0.227 e. The van der Waals surface area contributed by atoms with Gasteiger partial charge < -0.3 is 15.0 Å². The van der Waals surface area contributed by atoms with E-state index in [1.807, 2.05) is 18.3 Å². The quantitative estimate of drug-likeness (QED) is 0.897. The minimum Gasteiger partial charge on any atom is -0.378 e. The summed E-state index contributed by atoms with van der Waals surface area (Å²) in [6, 6.07) is 7.17. The predicted octanol–water partition coefficient (Wildman–Crippen LogP) is 2.71. The van der Waals surface area contributed by atoms with E-state index in [2.05, 4.69) is 15.2 Å². The molecular weight excluding hydrogens is 352 g/mol. The number of carbonyl (C=O) groups is 1. The van der Waals surface area contributed by atoms with Gasteiger partial charge in [-0.3, -0.25) is 4.79 Å². The van der Waals surface area contributed by atoms with Crippen molar-refractivity contribution >= 4 is 29.1 Å². The van der Waals surface area contributed by atoms with E-state index in [4.69, 9.17) is 21.3 Å². The number of amides is 1. The lowest BCUT2D eigenvalue weighted by atomic mass is 9.86. The van der Waals surface area contributed by atoms with Crippen molar-refractivity contribution in [3.8, 4) is 0 Å². The molecule has 136 valence electrons. The Morgan fingerprint density at radius 1 is 1.23 bits per heavy atom. The predicted molar refractivity (Wildman–Crippen MR) is 101 cm³/mol. The van der Waals surface area contributed by atoms with Gasteiger partial charge in [0.05, 0.1) is 13.2 Å². The van der Waals surface area contributed by atoms with E-state index in [9.17, 15) is 4.79 Å². The van der Waals surface area contributed by atoms with Crippen LogP contribution in [0.1, 0.15) is 17.7 Å². The second kappa shape index (κ2) is 7.60. The highest BCUT2D eigenvalue weighted by molar-refractivity contribution is 6.30. The second-order valence-electron chi connectivity index (χ2n) is 6.68. The van der Waals surface area contributed by atoms with Crippen molar-refractivity contribution in [2.45, 2.75) is 19.3 Å². The molecule has 2 heterocycles. The van der Waals surface area contributed by atoms with Gasteiger partial charge in [-0.25, -0.2) is 9.97 Å². The van der Waals surface area contributed by atoms with Gasteiger partial charge in [-0.1, -0.05) is 11.6 Å². The number of anilines is 2. The van der Waals surface area contributed by atoms with Crippen LogP contribution in [-0.2, 0) is 22.4 Å². The lowest BCUT2D eigenvalue weighted by molar-refractivity contribution is -0.120. The van der Waals surface area contributed by atoms with Crippen LogP contribution in [0, 0.1) is 5.92 Å². The van der Waals surface area contributed by atoms with Crippen LogP contribution in [0.3, 0.4) is 0 Å². The maximum atomic E-state index is 12.6. The largest absolute Gasteiger partial charge is 0.378 e. The third-order valence-electron chi connectivity index (χ3n) is 4.91. The van der Waals surface area contributed by atoms with Gasteiger partial charge in [0.2, 0.25) is 11.9 Å². The van der Waals surface area contributed by atoms with E-state index in [0.29, 0.717) is 24.7 Å².